The number of aryl methyl sites for hydroxylation is 2. The number of esters is 1. The Hall–Kier alpha value is -2.25. The van der Waals surface area contributed by atoms with E-state index in [-0.39, 0.29) is 21.2 Å². The smallest absolute Gasteiger partial charge is 0.337 e. The topological polar surface area (TPSA) is 81.7 Å². The van der Waals surface area contributed by atoms with Gasteiger partial charge in [-0.2, -0.15) is 0 Å². The Bertz CT molecular complexity index is 902. The summed E-state index contributed by atoms with van der Waals surface area (Å²) in [6.07, 6.45) is 0. The van der Waals surface area contributed by atoms with Gasteiger partial charge in [-0.25, -0.2) is 13.2 Å². The average Bonchev–Trinajstić information content (AvgIpc) is 2.54. The van der Waals surface area contributed by atoms with Crippen molar-refractivity contribution < 1.29 is 22.7 Å². The number of hydrogen-bond donors (Lipinski definition) is 1. The Morgan fingerprint density at radius 2 is 1.68 bits per heavy atom. The number of carbonyl (C=O) groups excluding carboxylic acids is 1. The first kappa shape index (κ1) is 19.1. The second-order valence-electron chi connectivity index (χ2n) is 5.38. The van der Waals surface area contributed by atoms with E-state index >= 15 is 0 Å². The molecule has 0 saturated heterocycles. The molecule has 2 aromatic carbocycles. The molecule has 0 atom stereocenters. The fourth-order valence-electron chi connectivity index (χ4n) is 2.50. The van der Waals surface area contributed by atoms with Crippen LogP contribution in [0, 0.1) is 13.8 Å². The molecule has 134 valence electrons. The molecule has 2 aromatic rings. The molecule has 1 N–H and O–H groups in total. The van der Waals surface area contributed by atoms with Gasteiger partial charge in [0.25, 0.3) is 10.0 Å². The highest BCUT2D eigenvalue weighted by Crippen LogP contribution is 2.30. The number of sulfonamides is 1. The maximum absolute atomic E-state index is 12.8. The van der Waals surface area contributed by atoms with Crippen LogP contribution >= 0.6 is 11.6 Å². The molecule has 0 amide bonds. The first-order valence-corrected chi connectivity index (χ1v) is 9.11. The first-order chi connectivity index (χ1) is 11.7. The zero-order chi connectivity index (χ0) is 18.8. The molecule has 6 nitrogen and oxygen atoms in total. The predicted molar refractivity (Wildman–Crippen MR) is 96.1 cm³/mol. The number of carbonyl (C=O) groups is 1. The summed E-state index contributed by atoms with van der Waals surface area (Å²) in [4.78, 5) is 11.8. The van der Waals surface area contributed by atoms with Crippen LogP contribution in [0.3, 0.4) is 0 Å². The Kier molecular flexibility index (Phi) is 5.59. The average molecular weight is 384 g/mol. The molecule has 2 rings (SSSR count). The lowest BCUT2D eigenvalue weighted by Crippen LogP contribution is -2.16. The number of ether oxygens (including phenoxy) is 2. The van der Waals surface area contributed by atoms with Crippen LogP contribution in [0.1, 0.15) is 21.5 Å². The van der Waals surface area contributed by atoms with Gasteiger partial charge in [0.1, 0.15) is 5.75 Å². The summed E-state index contributed by atoms with van der Waals surface area (Å²) in [7, 11) is -1.16. The summed E-state index contributed by atoms with van der Waals surface area (Å²) >= 11 is 6.07. The number of nitrogens with one attached hydrogen (secondary N) is 1. The summed E-state index contributed by atoms with van der Waals surface area (Å²) in [5.41, 5.74) is 1.35. The molecule has 0 radical (unpaired) electrons. The molecule has 0 saturated carbocycles. The van der Waals surface area contributed by atoms with E-state index in [1.165, 1.54) is 32.4 Å². The molecule has 0 aliphatic rings. The molecule has 0 bridgehead atoms. The molecule has 0 aliphatic heterocycles. The Balaban J connectivity index is 2.48. The zero-order valence-electron chi connectivity index (χ0n) is 14.2. The van der Waals surface area contributed by atoms with Gasteiger partial charge in [0, 0.05) is 0 Å². The van der Waals surface area contributed by atoms with Crippen LogP contribution in [-0.2, 0) is 14.8 Å². The molecule has 0 aliphatic carbocycles. The van der Waals surface area contributed by atoms with E-state index < -0.39 is 16.0 Å². The normalized spacial score (nSPS) is 11.1. The van der Waals surface area contributed by atoms with Crippen molar-refractivity contribution in [2.75, 3.05) is 18.9 Å². The predicted octanol–water partition coefficient (Wildman–Crippen LogP) is 3.55. The fraction of sp³-hybridized carbons (Fsp3) is 0.235. The summed E-state index contributed by atoms with van der Waals surface area (Å²) in [6.45, 7) is 3.35. The van der Waals surface area contributed by atoms with Gasteiger partial charge >= 0.3 is 5.97 Å². The van der Waals surface area contributed by atoms with E-state index in [4.69, 9.17) is 16.3 Å². The summed E-state index contributed by atoms with van der Waals surface area (Å²) in [6, 6.07) is 7.48. The van der Waals surface area contributed by atoms with Crippen molar-refractivity contribution in [2.45, 2.75) is 18.7 Å². The molecule has 0 spiro atoms. The third-order valence-corrected chi connectivity index (χ3v) is 5.57. The monoisotopic (exact) mass is 383 g/mol. The highest BCUT2D eigenvalue weighted by atomic mass is 35.5. The maximum atomic E-state index is 12.8. The molecular formula is C17H18ClNO5S. The molecule has 25 heavy (non-hydrogen) atoms. The van der Waals surface area contributed by atoms with Crippen molar-refractivity contribution in [2.24, 2.45) is 0 Å². The van der Waals surface area contributed by atoms with E-state index in [0.717, 1.165) is 0 Å². The van der Waals surface area contributed by atoms with Crippen LogP contribution in [0.25, 0.3) is 0 Å². The second kappa shape index (κ2) is 7.33. The van der Waals surface area contributed by atoms with E-state index in [9.17, 15) is 13.2 Å². The van der Waals surface area contributed by atoms with Crippen LogP contribution in [0.15, 0.2) is 35.2 Å². The van der Waals surface area contributed by atoms with Gasteiger partial charge in [0.2, 0.25) is 0 Å². The summed E-state index contributed by atoms with van der Waals surface area (Å²) < 4.78 is 37.9. The third kappa shape index (κ3) is 4.05. The second-order valence-corrected chi connectivity index (χ2v) is 7.41. The lowest BCUT2D eigenvalue weighted by Gasteiger charge is -2.15. The number of methoxy groups -OCH3 is 2. The molecule has 0 aromatic heterocycles. The van der Waals surface area contributed by atoms with Crippen molar-refractivity contribution in [1.82, 2.24) is 0 Å². The lowest BCUT2D eigenvalue weighted by atomic mass is 10.1. The van der Waals surface area contributed by atoms with Gasteiger partial charge in [-0.05, 0) is 55.3 Å². The molecular weight excluding hydrogens is 366 g/mol. The van der Waals surface area contributed by atoms with Crippen molar-refractivity contribution in [3.05, 3.63) is 52.0 Å². The Morgan fingerprint density at radius 1 is 1.08 bits per heavy atom. The van der Waals surface area contributed by atoms with Crippen molar-refractivity contribution >= 4 is 33.3 Å². The largest absolute Gasteiger partial charge is 0.497 e. The van der Waals surface area contributed by atoms with Crippen molar-refractivity contribution in [3.8, 4) is 5.75 Å². The van der Waals surface area contributed by atoms with Gasteiger partial charge in [0.15, 0.2) is 0 Å². The van der Waals surface area contributed by atoms with Crippen molar-refractivity contribution in [3.63, 3.8) is 0 Å². The number of hydrogen-bond acceptors (Lipinski definition) is 5. The zero-order valence-corrected chi connectivity index (χ0v) is 15.8. The maximum Gasteiger partial charge on any atom is 0.337 e. The van der Waals surface area contributed by atoms with Gasteiger partial charge in [0.05, 0.1) is 35.4 Å². The van der Waals surface area contributed by atoms with Crippen LogP contribution in [-0.4, -0.2) is 28.6 Å². The minimum absolute atomic E-state index is 0.0965. The number of anilines is 1. The van der Waals surface area contributed by atoms with Gasteiger partial charge in [-0.1, -0.05) is 11.6 Å². The number of rotatable bonds is 5. The Labute approximate surface area is 151 Å². The minimum atomic E-state index is -3.91. The van der Waals surface area contributed by atoms with Gasteiger partial charge < -0.3 is 9.47 Å². The summed E-state index contributed by atoms with van der Waals surface area (Å²) in [5, 5.41) is 0.167. The van der Waals surface area contributed by atoms with E-state index in [0.29, 0.717) is 16.9 Å². The first-order valence-electron chi connectivity index (χ1n) is 7.25. The fourth-order valence-corrected chi connectivity index (χ4v) is 4.24. The summed E-state index contributed by atoms with van der Waals surface area (Å²) in [5.74, 6) is -0.0198. The number of halogens is 1. The lowest BCUT2D eigenvalue weighted by molar-refractivity contribution is 0.0601. The Morgan fingerprint density at radius 3 is 2.20 bits per heavy atom. The van der Waals surface area contributed by atoms with Crippen molar-refractivity contribution in [1.29, 1.82) is 0 Å². The molecule has 0 heterocycles. The van der Waals surface area contributed by atoms with E-state index in [1.54, 1.807) is 26.0 Å². The van der Waals surface area contributed by atoms with Crippen LogP contribution in [0.4, 0.5) is 5.69 Å². The quantitative estimate of drug-likeness (QED) is 0.798. The standard InChI is InChI=1S/C17H18ClNO5S/c1-10-7-13(23-3)8-11(2)16(10)25(21,22)19-15-9-12(17(20)24-4)5-6-14(15)18/h5-9,19H,1-4H3. The van der Waals surface area contributed by atoms with Gasteiger partial charge in [-0.15, -0.1) is 0 Å². The van der Waals surface area contributed by atoms with E-state index in [2.05, 4.69) is 9.46 Å². The highest BCUT2D eigenvalue weighted by Gasteiger charge is 2.22. The molecule has 0 fully saturated rings. The molecule has 0 unspecified atom stereocenters. The minimum Gasteiger partial charge on any atom is -0.497 e. The van der Waals surface area contributed by atoms with Gasteiger partial charge in [-0.3, -0.25) is 4.72 Å². The van der Waals surface area contributed by atoms with Crippen LogP contribution < -0.4 is 9.46 Å². The SMILES string of the molecule is COC(=O)c1ccc(Cl)c(NS(=O)(=O)c2c(C)cc(OC)cc2C)c1. The van der Waals surface area contributed by atoms with E-state index in [1.807, 2.05) is 0 Å². The number of benzene rings is 2. The van der Waals surface area contributed by atoms with Crippen LogP contribution in [0.2, 0.25) is 5.02 Å². The molecule has 8 heteroatoms. The highest BCUT2D eigenvalue weighted by molar-refractivity contribution is 7.92. The third-order valence-electron chi connectivity index (χ3n) is 3.57. The van der Waals surface area contributed by atoms with Crippen LogP contribution in [0.5, 0.6) is 5.75 Å².